The average Bonchev–Trinajstić information content (AvgIpc) is 2.99. The van der Waals surface area contributed by atoms with E-state index >= 15 is 0 Å². The van der Waals surface area contributed by atoms with Gasteiger partial charge in [-0.1, -0.05) is 54.6 Å². The van der Waals surface area contributed by atoms with E-state index in [4.69, 9.17) is 0 Å². The second kappa shape index (κ2) is 13.7. The number of benzene rings is 3. The van der Waals surface area contributed by atoms with Gasteiger partial charge in [0, 0.05) is 36.9 Å². The fourth-order valence-electron chi connectivity index (χ4n) is 5.98. The first-order chi connectivity index (χ1) is 20.3. The molecule has 1 heterocycles. The summed E-state index contributed by atoms with van der Waals surface area (Å²) in [6.07, 6.45) is 3.97. The first kappa shape index (κ1) is 30.1. The highest BCUT2D eigenvalue weighted by molar-refractivity contribution is 7.92. The van der Waals surface area contributed by atoms with Crippen molar-refractivity contribution in [1.29, 1.82) is 0 Å². The zero-order valence-corrected chi connectivity index (χ0v) is 25.1. The normalized spacial score (nSPS) is 19.4. The Morgan fingerprint density at radius 2 is 1.79 bits per heavy atom. The molecule has 9 heteroatoms. The molecule has 1 fully saturated rings. The average molecular weight is 591 g/mol. The molecule has 1 unspecified atom stereocenters. The van der Waals surface area contributed by atoms with Gasteiger partial charge < -0.3 is 21.1 Å². The van der Waals surface area contributed by atoms with Crippen molar-refractivity contribution < 1.29 is 18.3 Å². The van der Waals surface area contributed by atoms with Gasteiger partial charge in [0.25, 0.3) is 5.91 Å². The van der Waals surface area contributed by atoms with Crippen LogP contribution >= 0.6 is 0 Å². The van der Waals surface area contributed by atoms with Crippen molar-refractivity contribution in [3.05, 3.63) is 95.1 Å². The number of aliphatic hydroxyl groups excluding tert-OH is 1. The molecule has 0 spiro atoms. The summed E-state index contributed by atoms with van der Waals surface area (Å²) in [5.74, 6) is -0.248. The lowest BCUT2D eigenvalue weighted by atomic mass is 9.88. The quantitative estimate of drug-likeness (QED) is 0.270. The van der Waals surface area contributed by atoms with E-state index in [-0.39, 0.29) is 17.7 Å². The van der Waals surface area contributed by atoms with Gasteiger partial charge in [0.1, 0.15) is 0 Å². The van der Waals surface area contributed by atoms with Crippen molar-refractivity contribution >= 4 is 27.3 Å². The second-order valence-corrected chi connectivity index (χ2v) is 13.4. The topological polar surface area (TPSA) is 111 Å². The summed E-state index contributed by atoms with van der Waals surface area (Å²) in [5, 5.41) is 21.2. The highest BCUT2D eigenvalue weighted by Gasteiger charge is 2.29. The number of amides is 1. The Labute approximate surface area is 249 Å². The van der Waals surface area contributed by atoms with Crippen LogP contribution in [0.25, 0.3) is 0 Å². The summed E-state index contributed by atoms with van der Waals surface area (Å²) in [7, 11) is -3.44. The van der Waals surface area contributed by atoms with Gasteiger partial charge in [0.05, 0.1) is 23.6 Å². The van der Waals surface area contributed by atoms with E-state index in [1.165, 1.54) is 15.4 Å². The number of nitrogens with one attached hydrogen (secondary N) is 3. The highest BCUT2D eigenvalue weighted by Crippen LogP contribution is 2.28. The molecule has 2 aliphatic rings. The van der Waals surface area contributed by atoms with Crippen LogP contribution < -0.4 is 20.3 Å². The molecule has 5 rings (SSSR count). The molecule has 1 amide bonds. The van der Waals surface area contributed by atoms with Gasteiger partial charge in [-0.2, -0.15) is 0 Å². The van der Waals surface area contributed by atoms with Gasteiger partial charge in [0.2, 0.25) is 10.0 Å². The van der Waals surface area contributed by atoms with E-state index in [1.54, 1.807) is 18.2 Å². The number of carbonyl (C=O) groups excluding carboxylic acids is 1. The standard InChI is InChI=1S/C33H42N4O4S/c1-2-34-29-20-27(21-30(22-29)37-16-8-9-17-42(37,40)41)33(39)36-31(18-24-10-4-3-5-11-24)32(38)23-35-28-15-14-25-12-6-7-13-26(25)19-28/h3-7,10-13,20-22,28,31-32,34-35,38H,2,8-9,14-19,23H2,1H3,(H,36,39)/t28?,31-,32+/m0/s1. The number of aliphatic hydroxyl groups is 1. The smallest absolute Gasteiger partial charge is 0.251 e. The molecule has 3 aromatic rings. The fraction of sp³-hybridized carbons (Fsp3) is 0.424. The number of hydrogen-bond acceptors (Lipinski definition) is 6. The first-order valence-electron chi connectivity index (χ1n) is 15.0. The van der Waals surface area contributed by atoms with Crippen molar-refractivity contribution in [1.82, 2.24) is 10.6 Å². The number of sulfonamides is 1. The number of aryl methyl sites for hydroxylation is 1. The van der Waals surface area contributed by atoms with Crippen molar-refractivity contribution in [2.45, 2.75) is 63.6 Å². The monoisotopic (exact) mass is 590 g/mol. The largest absolute Gasteiger partial charge is 0.390 e. The Morgan fingerprint density at radius 3 is 2.55 bits per heavy atom. The summed E-state index contributed by atoms with van der Waals surface area (Å²) in [6, 6.07) is 23.2. The molecule has 224 valence electrons. The van der Waals surface area contributed by atoms with E-state index in [1.807, 2.05) is 37.3 Å². The third kappa shape index (κ3) is 7.51. The zero-order valence-electron chi connectivity index (χ0n) is 24.3. The van der Waals surface area contributed by atoms with Gasteiger partial charge in [-0.15, -0.1) is 0 Å². The number of nitrogens with zero attached hydrogens (tertiary/aromatic N) is 1. The molecule has 1 aliphatic carbocycles. The minimum absolute atomic E-state index is 0.102. The Hall–Kier alpha value is -3.40. The third-order valence-electron chi connectivity index (χ3n) is 8.24. The van der Waals surface area contributed by atoms with Crippen LogP contribution in [0.5, 0.6) is 0 Å². The molecule has 0 saturated carbocycles. The van der Waals surface area contributed by atoms with E-state index in [9.17, 15) is 18.3 Å². The molecule has 1 aliphatic heterocycles. The molecule has 3 aromatic carbocycles. The summed E-state index contributed by atoms with van der Waals surface area (Å²) in [5.41, 5.74) is 5.26. The van der Waals surface area contributed by atoms with E-state index in [0.29, 0.717) is 49.4 Å². The number of anilines is 2. The summed E-state index contributed by atoms with van der Waals surface area (Å²) in [6.45, 7) is 3.32. The lowest BCUT2D eigenvalue weighted by Crippen LogP contribution is -2.50. The molecule has 4 N–H and O–H groups in total. The predicted octanol–water partition coefficient (Wildman–Crippen LogP) is 3.90. The van der Waals surface area contributed by atoms with Crippen molar-refractivity contribution in [3.63, 3.8) is 0 Å². The SMILES string of the molecule is CCNc1cc(C(=O)N[C@@H](Cc2ccccc2)[C@H](O)CNC2CCc3ccccc3C2)cc(N2CCCCS2(=O)=O)c1. The summed E-state index contributed by atoms with van der Waals surface area (Å²) >= 11 is 0. The second-order valence-electron chi connectivity index (χ2n) is 11.3. The molecule has 0 bridgehead atoms. The fourth-order valence-corrected chi connectivity index (χ4v) is 7.60. The van der Waals surface area contributed by atoms with Crippen LogP contribution in [-0.4, -0.2) is 63.0 Å². The Bertz CT molecular complexity index is 1460. The van der Waals surface area contributed by atoms with Crippen LogP contribution in [0.3, 0.4) is 0 Å². The van der Waals surface area contributed by atoms with Crippen LogP contribution in [0.4, 0.5) is 11.4 Å². The molecular formula is C33H42N4O4S. The molecule has 1 saturated heterocycles. The number of fused-ring (bicyclic) bond motifs is 1. The maximum atomic E-state index is 13.7. The van der Waals surface area contributed by atoms with Gasteiger partial charge >= 0.3 is 0 Å². The number of hydrogen-bond donors (Lipinski definition) is 4. The lowest BCUT2D eigenvalue weighted by Gasteiger charge is -2.30. The highest BCUT2D eigenvalue weighted by atomic mass is 32.2. The van der Waals surface area contributed by atoms with E-state index < -0.39 is 22.2 Å². The van der Waals surface area contributed by atoms with Crippen LogP contribution in [0.2, 0.25) is 0 Å². The van der Waals surface area contributed by atoms with E-state index in [0.717, 1.165) is 31.2 Å². The van der Waals surface area contributed by atoms with Crippen molar-refractivity contribution in [3.8, 4) is 0 Å². The predicted molar refractivity (Wildman–Crippen MR) is 169 cm³/mol. The van der Waals surface area contributed by atoms with Gasteiger partial charge in [-0.3, -0.25) is 9.10 Å². The number of carbonyl (C=O) groups is 1. The van der Waals surface area contributed by atoms with Gasteiger partial charge in [-0.05, 0) is 80.3 Å². The molecule has 42 heavy (non-hydrogen) atoms. The minimum atomic E-state index is -3.44. The first-order valence-corrected chi connectivity index (χ1v) is 16.7. The van der Waals surface area contributed by atoms with Crippen LogP contribution in [0.1, 0.15) is 53.2 Å². The maximum Gasteiger partial charge on any atom is 0.251 e. The van der Waals surface area contributed by atoms with Gasteiger partial charge in [0.15, 0.2) is 0 Å². The van der Waals surface area contributed by atoms with Crippen LogP contribution in [0.15, 0.2) is 72.8 Å². The van der Waals surface area contributed by atoms with E-state index in [2.05, 4.69) is 40.2 Å². The Kier molecular flexibility index (Phi) is 9.82. The summed E-state index contributed by atoms with van der Waals surface area (Å²) < 4.78 is 27.1. The molecule has 0 radical (unpaired) electrons. The van der Waals surface area contributed by atoms with Crippen LogP contribution in [-0.2, 0) is 29.3 Å². The minimum Gasteiger partial charge on any atom is -0.390 e. The molecule has 3 atom stereocenters. The van der Waals surface area contributed by atoms with Crippen LogP contribution in [0, 0.1) is 0 Å². The molecular weight excluding hydrogens is 548 g/mol. The lowest BCUT2D eigenvalue weighted by molar-refractivity contribution is 0.0823. The van der Waals surface area contributed by atoms with Gasteiger partial charge in [-0.25, -0.2) is 8.42 Å². The summed E-state index contributed by atoms with van der Waals surface area (Å²) in [4.78, 5) is 13.7. The maximum absolute atomic E-state index is 13.7. The Balaban J connectivity index is 1.33. The van der Waals surface area contributed by atoms with Crippen molar-refractivity contribution in [2.75, 3.05) is 35.0 Å². The third-order valence-corrected chi connectivity index (χ3v) is 10.1. The molecule has 0 aromatic heterocycles. The zero-order chi connectivity index (χ0) is 29.5. The molecule has 8 nitrogen and oxygen atoms in total. The Morgan fingerprint density at radius 1 is 1.02 bits per heavy atom. The van der Waals surface area contributed by atoms with Crippen molar-refractivity contribution in [2.24, 2.45) is 0 Å². The number of rotatable bonds is 11.